The fourth-order valence-corrected chi connectivity index (χ4v) is 4.27. The van der Waals surface area contributed by atoms with Gasteiger partial charge in [0.05, 0.1) is 37.2 Å². The molecule has 0 atom stereocenters. The lowest BCUT2D eigenvalue weighted by molar-refractivity contribution is 0.262. The smallest absolute Gasteiger partial charge is 0.323 e. The third-order valence-electron chi connectivity index (χ3n) is 5.47. The van der Waals surface area contributed by atoms with Crippen LogP contribution in [0.2, 0.25) is 0 Å². The highest BCUT2D eigenvalue weighted by Gasteiger charge is 2.18. The van der Waals surface area contributed by atoms with Gasteiger partial charge in [0.1, 0.15) is 23.1 Å². The number of amides is 2. The Bertz CT molecular complexity index is 1300. The van der Waals surface area contributed by atoms with E-state index in [1.165, 1.54) is 7.11 Å². The zero-order valence-electron chi connectivity index (χ0n) is 20.1. The van der Waals surface area contributed by atoms with Crippen LogP contribution in [0.4, 0.5) is 16.2 Å². The monoisotopic (exact) mass is 551 g/mol. The predicted octanol–water partition coefficient (Wildman–Crippen LogP) is 5.29. The van der Waals surface area contributed by atoms with Crippen molar-refractivity contribution in [2.75, 3.05) is 38.5 Å². The number of hydrogen-bond donors (Lipinski definition) is 2. The van der Waals surface area contributed by atoms with Crippen LogP contribution >= 0.6 is 15.9 Å². The Morgan fingerprint density at radius 3 is 2.33 bits per heavy atom. The molecule has 2 amide bonds. The molecular formula is C26H26BrN5O4. The molecule has 10 heteroatoms. The second-order valence-corrected chi connectivity index (χ2v) is 8.61. The van der Waals surface area contributed by atoms with Crippen LogP contribution in [0, 0.1) is 0 Å². The van der Waals surface area contributed by atoms with Crippen LogP contribution in [-0.4, -0.2) is 49.6 Å². The van der Waals surface area contributed by atoms with Crippen molar-refractivity contribution in [3.05, 3.63) is 82.7 Å². The summed E-state index contributed by atoms with van der Waals surface area (Å²) in [6.07, 6.45) is 7.31. The summed E-state index contributed by atoms with van der Waals surface area (Å²) in [4.78, 5) is 23.7. The van der Waals surface area contributed by atoms with Gasteiger partial charge in [-0.05, 0) is 57.9 Å². The summed E-state index contributed by atoms with van der Waals surface area (Å²) in [5.41, 5.74) is 2.98. The Morgan fingerprint density at radius 2 is 1.64 bits per heavy atom. The number of aliphatic imine (C=N–C) groups is 1. The zero-order chi connectivity index (χ0) is 25.5. The molecule has 36 heavy (non-hydrogen) atoms. The third kappa shape index (κ3) is 5.77. The number of ether oxygens (including phenoxy) is 3. The molecule has 0 saturated heterocycles. The number of methoxy groups -OCH3 is 3. The highest BCUT2D eigenvalue weighted by atomic mass is 79.9. The van der Waals surface area contributed by atoms with E-state index in [4.69, 9.17) is 14.2 Å². The maximum absolute atomic E-state index is 12.9. The normalized spacial score (nSPS) is 12.6. The number of benzene rings is 2. The quantitative estimate of drug-likeness (QED) is 0.394. The molecule has 0 aliphatic carbocycles. The van der Waals surface area contributed by atoms with E-state index in [0.29, 0.717) is 46.2 Å². The Hall–Kier alpha value is -4.05. The number of halogens is 1. The number of hydrogen-bond acceptors (Lipinski definition) is 7. The summed E-state index contributed by atoms with van der Waals surface area (Å²) in [5, 5.41) is 5.70. The first-order chi connectivity index (χ1) is 17.5. The molecule has 0 bridgehead atoms. The summed E-state index contributed by atoms with van der Waals surface area (Å²) in [6.45, 7) is 1.30. The fraction of sp³-hybridized carbons (Fsp3) is 0.192. The van der Waals surface area contributed by atoms with Gasteiger partial charge in [-0.15, -0.1) is 0 Å². The first-order valence-electron chi connectivity index (χ1n) is 11.1. The Morgan fingerprint density at radius 1 is 0.944 bits per heavy atom. The maximum Gasteiger partial charge on any atom is 0.323 e. The maximum atomic E-state index is 12.9. The molecule has 0 spiro atoms. The minimum atomic E-state index is -0.444. The van der Waals surface area contributed by atoms with E-state index >= 15 is 0 Å². The van der Waals surface area contributed by atoms with Crippen molar-refractivity contribution in [3.8, 4) is 17.2 Å². The van der Waals surface area contributed by atoms with Crippen LogP contribution in [-0.2, 0) is 6.54 Å². The van der Waals surface area contributed by atoms with Crippen LogP contribution in [0.5, 0.6) is 17.2 Å². The summed E-state index contributed by atoms with van der Waals surface area (Å²) in [5.74, 6) is 2.46. The van der Waals surface area contributed by atoms with Crippen molar-refractivity contribution in [3.63, 3.8) is 0 Å². The average Bonchev–Trinajstić information content (AvgIpc) is 2.90. The number of urea groups is 1. The van der Waals surface area contributed by atoms with Gasteiger partial charge in [-0.1, -0.05) is 6.07 Å². The Kier molecular flexibility index (Phi) is 8.06. The van der Waals surface area contributed by atoms with Gasteiger partial charge in [-0.3, -0.25) is 4.98 Å². The van der Waals surface area contributed by atoms with Crippen molar-refractivity contribution in [1.29, 1.82) is 0 Å². The van der Waals surface area contributed by atoms with Crippen molar-refractivity contribution < 1.29 is 19.0 Å². The van der Waals surface area contributed by atoms with Crippen LogP contribution in [0.1, 0.15) is 11.1 Å². The average molecular weight is 552 g/mol. The SMILES string of the molecule is COc1cc(OC)c(NC(=O)Nc2cc(CN3CC=CN=C3c3ccncc3)ccc2OC)cc1Br. The largest absolute Gasteiger partial charge is 0.495 e. The number of nitrogens with one attached hydrogen (secondary N) is 2. The highest BCUT2D eigenvalue weighted by Crippen LogP contribution is 2.36. The van der Waals surface area contributed by atoms with Crippen LogP contribution in [0.15, 0.2) is 76.6 Å². The van der Waals surface area contributed by atoms with Crippen LogP contribution in [0.3, 0.4) is 0 Å². The first kappa shape index (κ1) is 25.1. The number of amidine groups is 1. The molecule has 2 N–H and O–H groups in total. The second-order valence-electron chi connectivity index (χ2n) is 7.75. The van der Waals surface area contributed by atoms with Crippen molar-refractivity contribution in [2.45, 2.75) is 6.54 Å². The molecular weight excluding hydrogens is 526 g/mol. The van der Waals surface area contributed by atoms with Crippen molar-refractivity contribution in [2.24, 2.45) is 4.99 Å². The molecule has 9 nitrogen and oxygen atoms in total. The number of nitrogens with zero attached hydrogens (tertiary/aromatic N) is 3. The minimum Gasteiger partial charge on any atom is -0.495 e. The molecule has 0 saturated carbocycles. The van der Waals surface area contributed by atoms with E-state index in [1.54, 1.807) is 38.7 Å². The van der Waals surface area contributed by atoms with Gasteiger partial charge >= 0.3 is 6.03 Å². The number of rotatable bonds is 8. The van der Waals surface area contributed by atoms with E-state index < -0.39 is 6.03 Å². The lowest BCUT2D eigenvalue weighted by Gasteiger charge is -2.27. The van der Waals surface area contributed by atoms with Gasteiger partial charge in [-0.2, -0.15) is 0 Å². The van der Waals surface area contributed by atoms with E-state index in [-0.39, 0.29) is 0 Å². The lowest BCUT2D eigenvalue weighted by Crippen LogP contribution is -2.33. The number of aromatic nitrogens is 1. The first-order valence-corrected chi connectivity index (χ1v) is 11.9. The Balaban J connectivity index is 1.52. The number of pyridine rings is 1. The van der Waals surface area contributed by atoms with Gasteiger partial charge < -0.3 is 29.7 Å². The van der Waals surface area contributed by atoms with Crippen molar-refractivity contribution >= 4 is 39.2 Å². The molecule has 0 radical (unpaired) electrons. The molecule has 0 unspecified atom stereocenters. The summed E-state index contributed by atoms with van der Waals surface area (Å²) < 4.78 is 16.9. The van der Waals surface area contributed by atoms with Crippen molar-refractivity contribution in [1.82, 2.24) is 9.88 Å². The summed E-state index contributed by atoms with van der Waals surface area (Å²) in [7, 11) is 4.65. The lowest BCUT2D eigenvalue weighted by atomic mass is 10.1. The van der Waals surface area contributed by atoms with E-state index in [1.807, 2.05) is 42.6 Å². The van der Waals surface area contributed by atoms with Gasteiger partial charge in [0.15, 0.2) is 0 Å². The van der Waals surface area contributed by atoms with Gasteiger partial charge in [0.25, 0.3) is 0 Å². The molecule has 2 heterocycles. The highest BCUT2D eigenvalue weighted by molar-refractivity contribution is 9.10. The van der Waals surface area contributed by atoms with E-state index in [2.05, 4.69) is 41.4 Å². The van der Waals surface area contributed by atoms with Crippen LogP contribution in [0.25, 0.3) is 0 Å². The van der Waals surface area contributed by atoms with Gasteiger partial charge in [0.2, 0.25) is 0 Å². The predicted molar refractivity (Wildman–Crippen MR) is 143 cm³/mol. The standard InChI is InChI=1S/C26H26BrN5O4/c1-34-22-6-5-17(16-32-12-4-9-29-25(32)18-7-10-28-11-8-18)13-20(22)30-26(33)31-21-14-19(27)23(35-2)15-24(21)36-3/h4-11,13-15H,12,16H2,1-3H3,(H2,30,31,33). The number of anilines is 2. The summed E-state index contributed by atoms with van der Waals surface area (Å²) in [6, 6.07) is 12.5. The number of carbonyl (C=O) groups excluding carboxylic acids is 1. The molecule has 2 aromatic carbocycles. The molecule has 1 aliphatic rings. The third-order valence-corrected chi connectivity index (χ3v) is 6.09. The van der Waals surface area contributed by atoms with Gasteiger partial charge in [-0.25, -0.2) is 9.79 Å². The topological polar surface area (TPSA) is 97.3 Å². The second kappa shape index (κ2) is 11.6. The van der Waals surface area contributed by atoms with E-state index in [0.717, 1.165) is 17.0 Å². The Labute approximate surface area is 217 Å². The van der Waals surface area contributed by atoms with Gasteiger partial charge in [0, 0.05) is 43.3 Å². The molecule has 1 aliphatic heterocycles. The minimum absolute atomic E-state index is 0.444. The number of carbonyl (C=O) groups is 1. The molecule has 3 aromatic rings. The summed E-state index contributed by atoms with van der Waals surface area (Å²) >= 11 is 3.43. The molecule has 1 aromatic heterocycles. The molecule has 0 fully saturated rings. The zero-order valence-corrected chi connectivity index (χ0v) is 21.7. The molecule has 4 rings (SSSR count). The fourth-order valence-electron chi connectivity index (χ4n) is 3.77. The van der Waals surface area contributed by atoms with E-state index in [9.17, 15) is 4.79 Å². The van der Waals surface area contributed by atoms with Crippen LogP contribution < -0.4 is 24.8 Å². The molecule has 186 valence electrons.